The van der Waals surface area contributed by atoms with Crippen LogP contribution in [-0.4, -0.2) is 12.1 Å². The predicted octanol–water partition coefficient (Wildman–Crippen LogP) is 2.80. The number of para-hydroxylation sites is 1. The number of hydrogen-bond acceptors (Lipinski definition) is 4. The highest BCUT2D eigenvalue weighted by atomic mass is 16.5. The molecule has 1 aromatic carbocycles. The maximum Gasteiger partial charge on any atom is 0.230 e. The van der Waals surface area contributed by atoms with E-state index in [1.54, 1.807) is 13.2 Å². The van der Waals surface area contributed by atoms with E-state index in [2.05, 4.69) is 4.98 Å². The van der Waals surface area contributed by atoms with Gasteiger partial charge in [-0.3, -0.25) is 0 Å². The highest BCUT2D eigenvalue weighted by molar-refractivity contribution is 5.72. The summed E-state index contributed by atoms with van der Waals surface area (Å²) in [5, 5.41) is 0. The van der Waals surface area contributed by atoms with Crippen molar-refractivity contribution in [2.75, 3.05) is 12.8 Å². The molecule has 4 heteroatoms. The summed E-state index contributed by atoms with van der Waals surface area (Å²) in [6, 6.07) is 5.54. The second-order valence-corrected chi connectivity index (χ2v) is 3.81. The molecule has 2 rings (SSSR count). The summed E-state index contributed by atoms with van der Waals surface area (Å²) in [5.41, 5.74) is 8.13. The monoisotopic (exact) mass is 232 g/mol. The molecule has 0 radical (unpaired) electrons. The first-order chi connectivity index (χ1) is 8.17. The normalized spacial score (nSPS) is 10.5. The molecule has 0 amide bonds. The molecule has 0 aliphatic rings. The van der Waals surface area contributed by atoms with Crippen molar-refractivity contribution >= 4 is 5.69 Å². The zero-order valence-corrected chi connectivity index (χ0v) is 10.3. The average Bonchev–Trinajstić information content (AvgIpc) is 2.70. The Bertz CT molecular complexity index is 532. The van der Waals surface area contributed by atoms with Crippen molar-refractivity contribution < 1.29 is 9.15 Å². The fourth-order valence-electron chi connectivity index (χ4n) is 1.82. The molecule has 0 saturated carbocycles. The van der Waals surface area contributed by atoms with Gasteiger partial charge in [0.2, 0.25) is 5.89 Å². The summed E-state index contributed by atoms with van der Waals surface area (Å²) < 4.78 is 11.0. The Morgan fingerprint density at radius 1 is 1.41 bits per heavy atom. The standard InChI is InChI=1S/C13H16N2O2/c1-4-11-8(2)15-13(17-11)9-6-5-7-10(14)12(9)16-3/h5-7H,4,14H2,1-3H3. The van der Waals surface area contributed by atoms with Crippen LogP contribution in [0, 0.1) is 6.92 Å². The number of nitrogens with zero attached hydrogens (tertiary/aromatic N) is 1. The first kappa shape index (κ1) is 11.5. The lowest BCUT2D eigenvalue weighted by atomic mass is 10.1. The van der Waals surface area contributed by atoms with Crippen LogP contribution in [0.1, 0.15) is 18.4 Å². The smallest absolute Gasteiger partial charge is 0.230 e. The maximum absolute atomic E-state index is 5.85. The van der Waals surface area contributed by atoms with E-state index in [0.29, 0.717) is 17.3 Å². The van der Waals surface area contributed by atoms with Crippen molar-refractivity contribution in [3.05, 3.63) is 29.7 Å². The molecule has 90 valence electrons. The van der Waals surface area contributed by atoms with E-state index < -0.39 is 0 Å². The number of methoxy groups -OCH3 is 1. The van der Waals surface area contributed by atoms with Crippen LogP contribution in [0.4, 0.5) is 5.69 Å². The number of rotatable bonds is 3. The van der Waals surface area contributed by atoms with Crippen LogP contribution in [0.5, 0.6) is 5.75 Å². The average molecular weight is 232 g/mol. The van der Waals surface area contributed by atoms with E-state index >= 15 is 0 Å². The number of hydrogen-bond donors (Lipinski definition) is 1. The molecule has 0 fully saturated rings. The summed E-state index contributed by atoms with van der Waals surface area (Å²) in [6.07, 6.45) is 0.823. The Labute approximate surface area is 100 Å². The van der Waals surface area contributed by atoms with Crippen LogP contribution < -0.4 is 10.5 Å². The molecule has 1 heterocycles. The van der Waals surface area contributed by atoms with Gasteiger partial charge in [0.05, 0.1) is 24.1 Å². The van der Waals surface area contributed by atoms with Gasteiger partial charge in [-0.05, 0) is 19.1 Å². The lowest BCUT2D eigenvalue weighted by Gasteiger charge is -2.07. The van der Waals surface area contributed by atoms with Crippen molar-refractivity contribution in [2.45, 2.75) is 20.3 Å². The molecule has 0 unspecified atom stereocenters. The maximum atomic E-state index is 5.85. The fourth-order valence-corrected chi connectivity index (χ4v) is 1.82. The summed E-state index contributed by atoms with van der Waals surface area (Å²) in [4.78, 5) is 4.40. The Hall–Kier alpha value is -1.97. The van der Waals surface area contributed by atoms with Crippen LogP contribution in [0.3, 0.4) is 0 Å². The van der Waals surface area contributed by atoms with Crippen LogP contribution in [-0.2, 0) is 6.42 Å². The van der Waals surface area contributed by atoms with Gasteiger partial charge in [0.1, 0.15) is 5.76 Å². The molecule has 4 nitrogen and oxygen atoms in total. The van der Waals surface area contributed by atoms with E-state index in [0.717, 1.165) is 23.4 Å². The third-order valence-electron chi connectivity index (χ3n) is 2.69. The van der Waals surface area contributed by atoms with Gasteiger partial charge in [-0.2, -0.15) is 0 Å². The quantitative estimate of drug-likeness (QED) is 0.826. The molecule has 0 saturated heterocycles. The second kappa shape index (κ2) is 4.49. The van der Waals surface area contributed by atoms with Gasteiger partial charge in [-0.15, -0.1) is 0 Å². The molecule has 0 atom stereocenters. The molecule has 1 aromatic heterocycles. The Morgan fingerprint density at radius 3 is 2.76 bits per heavy atom. The van der Waals surface area contributed by atoms with Crippen LogP contribution in [0.25, 0.3) is 11.5 Å². The van der Waals surface area contributed by atoms with Crippen molar-refractivity contribution in [1.29, 1.82) is 0 Å². The van der Waals surface area contributed by atoms with Gasteiger partial charge in [-0.1, -0.05) is 13.0 Å². The van der Waals surface area contributed by atoms with Gasteiger partial charge < -0.3 is 14.9 Å². The molecule has 0 aliphatic carbocycles. The van der Waals surface area contributed by atoms with Gasteiger partial charge in [-0.25, -0.2) is 4.98 Å². The summed E-state index contributed by atoms with van der Waals surface area (Å²) in [5.74, 6) is 2.06. The molecular weight excluding hydrogens is 216 g/mol. The zero-order valence-electron chi connectivity index (χ0n) is 10.3. The number of benzene rings is 1. The topological polar surface area (TPSA) is 61.3 Å². The van der Waals surface area contributed by atoms with Crippen LogP contribution in [0.2, 0.25) is 0 Å². The van der Waals surface area contributed by atoms with Crippen molar-refractivity contribution in [1.82, 2.24) is 4.98 Å². The Kier molecular flexibility index (Phi) is 3.04. The van der Waals surface area contributed by atoms with E-state index in [1.165, 1.54) is 0 Å². The number of aryl methyl sites for hydroxylation is 2. The van der Waals surface area contributed by atoms with Crippen LogP contribution >= 0.6 is 0 Å². The predicted molar refractivity (Wildman–Crippen MR) is 67.0 cm³/mol. The number of ether oxygens (including phenoxy) is 1. The second-order valence-electron chi connectivity index (χ2n) is 3.81. The molecule has 0 aliphatic heterocycles. The van der Waals surface area contributed by atoms with Gasteiger partial charge in [0.25, 0.3) is 0 Å². The molecule has 2 aromatic rings. The number of aromatic nitrogens is 1. The Morgan fingerprint density at radius 2 is 2.18 bits per heavy atom. The number of anilines is 1. The molecule has 2 N–H and O–H groups in total. The summed E-state index contributed by atoms with van der Waals surface area (Å²) >= 11 is 0. The molecular formula is C13H16N2O2. The number of oxazole rings is 1. The molecule has 0 bridgehead atoms. The van der Waals surface area contributed by atoms with E-state index in [-0.39, 0.29) is 0 Å². The minimum atomic E-state index is 0.559. The summed E-state index contributed by atoms with van der Waals surface area (Å²) in [6.45, 7) is 3.97. The SMILES string of the molecule is CCc1oc(-c2cccc(N)c2OC)nc1C. The molecule has 17 heavy (non-hydrogen) atoms. The number of nitrogens with two attached hydrogens (primary N) is 1. The van der Waals surface area contributed by atoms with Crippen molar-refractivity contribution in [3.8, 4) is 17.2 Å². The first-order valence-corrected chi connectivity index (χ1v) is 5.56. The van der Waals surface area contributed by atoms with E-state index in [4.69, 9.17) is 14.9 Å². The van der Waals surface area contributed by atoms with E-state index in [1.807, 2.05) is 26.0 Å². The lowest BCUT2D eigenvalue weighted by molar-refractivity contribution is 0.415. The third kappa shape index (κ3) is 1.98. The van der Waals surface area contributed by atoms with Crippen molar-refractivity contribution in [3.63, 3.8) is 0 Å². The van der Waals surface area contributed by atoms with Gasteiger partial charge in [0.15, 0.2) is 5.75 Å². The Balaban J connectivity index is 2.56. The van der Waals surface area contributed by atoms with Crippen LogP contribution in [0.15, 0.2) is 22.6 Å². The zero-order chi connectivity index (χ0) is 12.4. The van der Waals surface area contributed by atoms with Crippen molar-refractivity contribution in [2.24, 2.45) is 0 Å². The van der Waals surface area contributed by atoms with Gasteiger partial charge in [0, 0.05) is 6.42 Å². The first-order valence-electron chi connectivity index (χ1n) is 5.56. The van der Waals surface area contributed by atoms with Gasteiger partial charge >= 0.3 is 0 Å². The summed E-state index contributed by atoms with van der Waals surface area (Å²) in [7, 11) is 1.59. The largest absolute Gasteiger partial charge is 0.494 e. The lowest BCUT2D eigenvalue weighted by Crippen LogP contribution is -1.94. The van der Waals surface area contributed by atoms with E-state index in [9.17, 15) is 0 Å². The minimum absolute atomic E-state index is 0.559. The highest BCUT2D eigenvalue weighted by Crippen LogP contribution is 2.34. The fraction of sp³-hybridized carbons (Fsp3) is 0.308. The molecule has 0 spiro atoms. The number of nitrogen functional groups attached to an aromatic ring is 1. The third-order valence-corrected chi connectivity index (χ3v) is 2.69. The highest BCUT2D eigenvalue weighted by Gasteiger charge is 2.15. The minimum Gasteiger partial charge on any atom is -0.494 e.